The van der Waals surface area contributed by atoms with E-state index in [0.29, 0.717) is 53.4 Å². The van der Waals surface area contributed by atoms with Gasteiger partial charge < -0.3 is 16.2 Å². The van der Waals surface area contributed by atoms with E-state index in [1.54, 1.807) is 28.8 Å². The van der Waals surface area contributed by atoms with Crippen molar-refractivity contribution in [2.24, 2.45) is 5.73 Å². The van der Waals surface area contributed by atoms with E-state index in [1.807, 2.05) is 6.07 Å². The van der Waals surface area contributed by atoms with Gasteiger partial charge in [0.2, 0.25) is 5.91 Å². The molecule has 0 radical (unpaired) electrons. The van der Waals surface area contributed by atoms with Crippen molar-refractivity contribution in [3.05, 3.63) is 53.5 Å². The summed E-state index contributed by atoms with van der Waals surface area (Å²) in [4.78, 5) is 24.8. The standard InChI is InChI=1S/C25H26FN3O3/c26-18-3-1-4-21-24(18)23(20-5-2-6-22(31)29(20)21)14-7-12-17(25(27)32)19(13-14)28-15-8-10-16(30)11-9-15/h1,3-4,7,12-13,15-16,28,30H,2,5-6,8-11H2,(H2,27,32)/t15-,16-. The molecule has 7 heteroatoms. The highest BCUT2D eigenvalue weighted by molar-refractivity contribution is 6.06. The van der Waals surface area contributed by atoms with Crippen molar-refractivity contribution in [1.82, 2.24) is 4.57 Å². The van der Waals surface area contributed by atoms with E-state index in [4.69, 9.17) is 5.73 Å². The largest absolute Gasteiger partial charge is 0.393 e. The fourth-order valence-corrected chi connectivity index (χ4v) is 5.17. The highest BCUT2D eigenvalue weighted by atomic mass is 19.1. The minimum Gasteiger partial charge on any atom is -0.393 e. The van der Waals surface area contributed by atoms with Gasteiger partial charge in [-0.3, -0.25) is 14.2 Å². The Bertz CT molecular complexity index is 1220. The summed E-state index contributed by atoms with van der Waals surface area (Å²) in [5.74, 6) is -0.942. The first kappa shape index (κ1) is 20.7. The first-order valence-corrected chi connectivity index (χ1v) is 11.2. The number of fused-ring (bicyclic) bond motifs is 3. The molecule has 6 nitrogen and oxygen atoms in total. The molecule has 2 aromatic carbocycles. The van der Waals surface area contributed by atoms with Crippen LogP contribution < -0.4 is 11.1 Å². The predicted octanol–water partition coefficient (Wildman–Crippen LogP) is 4.24. The second-order valence-corrected chi connectivity index (χ2v) is 8.81. The number of anilines is 1. The van der Waals surface area contributed by atoms with E-state index >= 15 is 4.39 Å². The van der Waals surface area contributed by atoms with Crippen LogP contribution in [0.5, 0.6) is 0 Å². The number of nitrogens with two attached hydrogens (primary N) is 1. The van der Waals surface area contributed by atoms with Gasteiger partial charge in [0.15, 0.2) is 0 Å². The zero-order chi connectivity index (χ0) is 22.4. The maximum atomic E-state index is 15.0. The highest BCUT2D eigenvalue weighted by Gasteiger charge is 2.28. The van der Waals surface area contributed by atoms with Gasteiger partial charge in [0.1, 0.15) is 5.82 Å². The van der Waals surface area contributed by atoms with Crippen molar-refractivity contribution in [3.63, 3.8) is 0 Å². The number of hydrogen-bond donors (Lipinski definition) is 3. The summed E-state index contributed by atoms with van der Waals surface area (Å²) in [5.41, 5.74) is 9.42. The van der Waals surface area contributed by atoms with Gasteiger partial charge in [0.05, 0.1) is 17.2 Å². The third-order valence-corrected chi connectivity index (χ3v) is 6.72. The summed E-state index contributed by atoms with van der Waals surface area (Å²) in [7, 11) is 0. The average Bonchev–Trinajstić information content (AvgIpc) is 3.12. The van der Waals surface area contributed by atoms with Crippen LogP contribution in [0.1, 0.15) is 59.4 Å². The predicted molar refractivity (Wildman–Crippen MR) is 121 cm³/mol. The Labute approximate surface area is 185 Å². The van der Waals surface area contributed by atoms with Gasteiger partial charge >= 0.3 is 0 Å². The first-order valence-electron chi connectivity index (χ1n) is 11.2. The Hall–Kier alpha value is -3.19. The highest BCUT2D eigenvalue weighted by Crippen LogP contribution is 2.40. The van der Waals surface area contributed by atoms with Gasteiger partial charge in [0.25, 0.3) is 5.91 Å². The first-order chi connectivity index (χ1) is 15.4. The Balaban J connectivity index is 1.66. The summed E-state index contributed by atoms with van der Waals surface area (Å²) in [6.07, 6.45) is 4.54. The molecule has 0 unspecified atom stereocenters. The van der Waals surface area contributed by atoms with Gasteiger partial charge in [-0.25, -0.2) is 4.39 Å². The fourth-order valence-electron chi connectivity index (χ4n) is 5.17. The van der Waals surface area contributed by atoms with E-state index in [-0.39, 0.29) is 23.9 Å². The van der Waals surface area contributed by atoms with Gasteiger partial charge in [-0.15, -0.1) is 0 Å². The monoisotopic (exact) mass is 435 g/mol. The zero-order valence-corrected chi connectivity index (χ0v) is 17.7. The van der Waals surface area contributed by atoms with Crippen LogP contribution in [0.2, 0.25) is 0 Å². The van der Waals surface area contributed by atoms with Crippen LogP contribution in [0, 0.1) is 5.82 Å². The third kappa shape index (κ3) is 3.46. The molecule has 2 heterocycles. The summed E-state index contributed by atoms with van der Waals surface area (Å²) >= 11 is 0. The second-order valence-electron chi connectivity index (χ2n) is 8.81. The van der Waals surface area contributed by atoms with Crippen molar-refractivity contribution in [2.75, 3.05) is 5.32 Å². The summed E-state index contributed by atoms with van der Waals surface area (Å²) < 4.78 is 16.7. The quantitative estimate of drug-likeness (QED) is 0.571. The number of carbonyl (C=O) groups excluding carboxylic acids is 2. The van der Waals surface area contributed by atoms with Crippen LogP contribution in [0.3, 0.4) is 0 Å². The van der Waals surface area contributed by atoms with Gasteiger partial charge in [-0.2, -0.15) is 0 Å². The van der Waals surface area contributed by atoms with E-state index in [1.165, 1.54) is 6.07 Å². The van der Waals surface area contributed by atoms with Crippen LogP contribution in [0.4, 0.5) is 10.1 Å². The maximum absolute atomic E-state index is 15.0. The molecule has 2 aliphatic rings. The maximum Gasteiger partial charge on any atom is 0.250 e. The molecule has 32 heavy (non-hydrogen) atoms. The number of nitrogens with zero attached hydrogens (tertiary/aromatic N) is 1. The molecular formula is C25H26FN3O3. The number of hydrogen-bond acceptors (Lipinski definition) is 4. The Kier molecular flexibility index (Phi) is 5.21. The summed E-state index contributed by atoms with van der Waals surface area (Å²) in [6, 6.07) is 10.2. The van der Waals surface area contributed by atoms with E-state index < -0.39 is 5.91 Å². The molecule has 1 aromatic heterocycles. The molecule has 0 atom stereocenters. The smallest absolute Gasteiger partial charge is 0.250 e. The number of primary amides is 1. The molecule has 5 rings (SSSR count). The molecule has 1 aliphatic carbocycles. The van der Waals surface area contributed by atoms with Crippen molar-refractivity contribution in [2.45, 2.75) is 57.1 Å². The lowest BCUT2D eigenvalue weighted by molar-refractivity contribution is 0.0889. The molecular weight excluding hydrogens is 409 g/mol. The van der Waals surface area contributed by atoms with Gasteiger partial charge in [-0.1, -0.05) is 12.1 Å². The SMILES string of the molecule is NC(=O)c1ccc(-c2c3n(c4cccc(F)c24)C(=O)CCC3)cc1N[C@H]1CC[C@H](O)CC1. The van der Waals surface area contributed by atoms with Crippen LogP contribution in [0.25, 0.3) is 22.0 Å². The van der Waals surface area contributed by atoms with E-state index in [9.17, 15) is 14.7 Å². The summed E-state index contributed by atoms with van der Waals surface area (Å²) in [6.45, 7) is 0. The van der Waals surface area contributed by atoms with Crippen LogP contribution >= 0.6 is 0 Å². The lowest BCUT2D eigenvalue weighted by Crippen LogP contribution is -2.29. The number of aliphatic hydroxyl groups is 1. The zero-order valence-electron chi connectivity index (χ0n) is 17.7. The molecule has 1 aliphatic heterocycles. The van der Waals surface area contributed by atoms with E-state index in [2.05, 4.69) is 5.32 Å². The number of benzene rings is 2. The molecule has 3 aromatic rings. The topological polar surface area (TPSA) is 97.4 Å². The molecule has 166 valence electrons. The van der Waals surface area contributed by atoms with Crippen LogP contribution in [0.15, 0.2) is 36.4 Å². The minimum absolute atomic E-state index is 0.0269. The molecule has 0 spiro atoms. The minimum atomic E-state index is -0.542. The second kappa shape index (κ2) is 8.06. The molecule has 1 saturated carbocycles. The number of rotatable bonds is 4. The van der Waals surface area contributed by atoms with Crippen LogP contribution in [-0.2, 0) is 6.42 Å². The van der Waals surface area contributed by atoms with Crippen LogP contribution in [-0.4, -0.2) is 33.6 Å². The Morgan fingerprint density at radius 3 is 2.66 bits per heavy atom. The fraction of sp³-hybridized carbons (Fsp3) is 0.360. The third-order valence-electron chi connectivity index (χ3n) is 6.72. The van der Waals surface area contributed by atoms with Crippen molar-refractivity contribution >= 4 is 28.4 Å². The molecule has 0 bridgehead atoms. The number of aliphatic hydroxyl groups excluding tert-OH is 1. The number of carbonyl (C=O) groups is 2. The number of nitrogens with one attached hydrogen (secondary N) is 1. The molecule has 0 saturated heterocycles. The Morgan fingerprint density at radius 2 is 1.91 bits per heavy atom. The Morgan fingerprint density at radius 1 is 1.12 bits per heavy atom. The van der Waals surface area contributed by atoms with Crippen molar-refractivity contribution in [3.8, 4) is 11.1 Å². The summed E-state index contributed by atoms with van der Waals surface area (Å²) in [5, 5.41) is 13.7. The molecule has 4 N–H and O–H groups in total. The van der Waals surface area contributed by atoms with Gasteiger partial charge in [-0.05, 0) is 68.4 Å². The van der Waals surface area contributed by atoms with Gasteiger partial charge in [0, 0.05) is 34.8 Å². The molecule has 1 amide bonds. The number of aromatic nitrogens is 1. The van der Waals surface area contributed by atoms with Crippen molar-refractivity contribution < 1.29 is 19.1 Å². The average molecular weight is 435 g/mol. The van der Waals surface area contributed by atoms with E-state index in [0.717, 1.165) is 30.5 Å². The van der Waals surface area contributed by atoms with Crippen molar-refractivity contribution in [1.29, 1.82) is 0 Å². The number of amides is 1. The lowest BCUT2D eigenvalue weighted by Gasteiger charge is -2.28. The molecule has 1 fully saturated rings. The normalized spacial score (nSPS) is 20.9. The lowest BCUT2D eigenvalue weighted by atomic mass is 9.92. The number of halogens is 1.